The van der Waals surface area contributed by atoms with Gasteiger partial charge in [-0.15, -0.1) is 0 Å². The second-order valence-corrected chi connectivity index (χ2v) is 5.33. The number of nitrogens with one attached hydrogen (secondary N) is 1. The van der Waals surface area contributed by atoms with E-state index in [-0.39, 0.29) is 0 Å². The lowest BCUT2D eigenvalue weighted by Gasteiger charge is -2.28. The van der Waals surface area contributed by atoms with E-state index in [9.17, 15) is 0 Å². The molecule has 0 fully saturated rings. The van der Waals surface area contributed by atoms with Crippen molar-refractivity contribution >= 4 is 0 Å². The molecule has 0 bridgehead atoms. The fraction of sp³-hybridized carbons (Fsp3) is 0.368. The fourth-order valence-electron chi connectivity index (χ4n) is 2.90. The summed E-state index contributed by atoms with van der Waals surface area (Å²) in [5.74, 6) is 0.370. The van der Waals surface area contributed by atoms with Crippen molar-refractivity contribution in [3.8, 4) is 0 Å². The summed E-state index contributed by atoms with van der Waals surface area (Å²) >= 11 is 0. The molecule has 2 aromatic rings. The van der Waals surface area contributed by atoms with Gasteiger partial charge in [0.2, 0.25) is 0 Å². The Morgan fingerprint density at radius 1 is 0.905 bits per heavy atom. The zero-order valence-corrected chi connectivity index (χ0v) is 13.0. The van der Waals surface area contributed by atoms with Gasteiger partial charge in [-0.2, -0.15) is 0 Å². The molecule has 0 aromatic heterocycles. The molecule has 0 spiro atoms. The normalized spacial score (nSPS) is 12.5. The average Bonchev–Trinajstić information content (AvgIpc) is 2.56. The summed E-state index contributed by atoms with van der Waals surface area (Å²) < 4.78 is 5.20. The molecular weight excluding hydrogens is 258 g/mol. The number of benzene rings is 2. The van der Waals surface area contributed by atoms with E-state index >= 15 is 0 Å². The number of hydrogen-bond acceptors (Lipinski definition) is 2. The maximum atomic E-state index is 5.20. The Kier molecular flexibility index (Phi) is 6.45. The minimum Gasteiger partial charge on any atom is -0.385 e. The van der Waals surface area contributed by atoms with Crippen molar-refractivity contribution in [2.75, 3.05) is 20.8 Å². The van der Waals surface area contributed by atoms with Crippen LogP contribution in [-0.4, -0.2) is 26.8 Å². The predicted molar refractivity (Wildman–Crippen MR) is 88.7 cm³/mol. The molecule has 0 heterocycles. The van der Waals surface area contributed by atoms with Gasteiger partial charge in [-0.1, -0.05) is 60.7 Å². The zero-order chi connectivity index (χ0) is 14.9. The van der Waals surface area contributed by atoms with Gasteiger partial charge in [0.1, 0.15) is 0 Å². The van der Waals surface area contributed by atoms with E-state index in [0.29, 0.717) is 12.0 Å². The Morgan fingerprint density at radius 3 is 1.86 bits per heavy atom. The van der Waals surface area contributed by atoms with Crippen molar-refractivity contribution in [3.63, 3.8) is 0 Å². The Morgan fingerprint density at radius 2 is 1.43 bits per heavy atom. The van der Waals surface area contributed by atoms with Crippen LogP contribution < -0.4 is 5.32 Å². The lowest BCUT2D eigenvalue weighted by Crippen LogP contribution is -2.33. The van der Waals surface area contributed by atoms with E-state index in [1.807, 2.05) is 0 Å². The SMILES string of the molecule is CNC(CCCOC)C(c1ccccc1)c1ccccc1. The molecule has 2 rings (SSSR count). The molecule has 1 atom stereocenters. The predicted octanol–water partition coefficient (Wildman–Crippen LogP) is 3.83. The van der Waals surface area contributed by atoms with Crippen molar-refractivity contribution < 1.29 is 4.74 Å². The number of likely N-dealkylation sites (N-methyl/N-ethyl adjacent to an activating group) is 1. The van der Waals surface area contributed by atoms with Crippen LogP contribution in [0.5, 0.6) is 0 Å². The molecule has 0 aliphatic carbocycles. The van der Waals surface area contributed by atoms with Gasteiger partial charge in [-0.3, -0.25) is 0 Å². The maximum Gasteiger partial charge on any atom is 0.0462 e. The summed E-state index contributed by atoms with van der Waals surface area (Å²) in [6.07, 6.45) is 2.16. The average molecular weight is 283 g/mol. The number of rotatable bonds is 8. The van der Waals surface area contributed by atoms with E-state index in [4.69, 9.17) is 4.74 Å². The van der Waals surface area contributed by atoms with Crippen LogP contribution in [0, 0.1) is 0 Å². The zero-order valence-electron chi connectivity index (χ0n) is 13.0. The standard InChI is InChI=1S/C19H25NO/c1-20-18(14-9-15-21-2)19(16-10-5-3-6-11-16)17-12-7-4-8-13-17/h3-8,10-13,18-20H,9,14-15H2,1-2H3. The van der Waals surface area contributed by atoms with Crippen LogP contribution in [-0.2, 0) is 4.74 Å². The van der Waals surface area contributed by atoms with Crippen LogP contribution in [0.1, 0.15) is 29.9 Å². The highest BCUT2D eigenvalue weighted by Gasteiger charge is 2.23. The molecule has 0 saturated carbocycles. The summed E-state index contributed by atoms with van der Waals surface area (Å²) in [5, 5.41) is 3.50. The molecule has 0 amide bonds. The first-order valence-electron chi connectivity index (χ1n) is 7.63. The summed E-state index contributed by atoms with van der Waals surface area (Å²) in [6, 6.07) is 21.9. The monoisotopic (exact) mass is 283 g/mol. The van der Waals surface area contributed by atoms with Crippen LogP contribution in [0.4, 0.5) is 0 Å². The third-order valence-electron chi connectivity index (χ3n) is 3.95. The second kappa shape index (κ2) is 8.60. The van der Waals surface area contributed by atoms with Gasteiger partial charge in [0, 0.05) is 25.7 Å². The lowest BCUT2D eigenvalue weighted by molar-refractivity contribution is 0.188. The number of methoxy groups -OCH3 is 1. The molecule has 1 N–H and O–H groups in total. The quantitative estimate of drug-likeness (QED) is 0.743. The van der Waals surface area contributed by atoms with Gasteiger partial charge >= 0.3 is 0 Å². The van der Waals surface area contributed by atoms with Crippen molar-refractivity contribution in [1.82, 2.24) is 5.32 Å². The molecule has 2 nitrogen and oxygen atoms in total. The molecule has 0 saturated heterocycles. The third kappa shape index (κ3) is 4.42. The first-order chi connectivity index (χ1) is 10.4. The second-order valence-electron chi connectivity index (χ2n) is 5.33. The van der Waals surface area contributed by atoms with E-state index in [2.05, 4.69) is 73.0 Å². The highest BCUT2D eigenvalue weighted by Crippen LogP contribution is 2.29. The minimum absolute atomic E-state index is 0.370. The van der Waals surface area contributed by atoms with E-state index < -0.39 is 0 Å². The van der Waals surface area contributed by atoms with E-state index in [1.165, 1.54) is 11.1 Å². The molecule has 21 heavy (non-hydrogen) atoms. The van der Waals surface area contributed by atoms with E-state index in [0.717, 1.165) is 19.4 Å². The van der Waals surface area contributed by atoms with Crippen LogP contribution in [0.2, 0.25) is 0 Å². The number of ether oxygens (including phenoxy) is 1. The summed E-state index contributed by atoms with van der Waals surface area (Å²) in [4.78, 5) is 0. The van der Waals surface area contributed by atoms with Crippen molar-refractivity contribution in [3.05, 3.63) is 71.8 Å². The van der Waals surface area contributed by atoms with Crippen molar-refractivity contribution in [2.45, 2.75) is 24.8 Å². The Hall–Kier alpha value is -1.64. The third-order valence-corrected chi connectivity index (χ3v) is 3.95. The molecule has 112 valence electrons. The minimum atomic E-state index is 0.370. The van der Waals surface area contributed by atoms with E-state index in [1.54, 1.807) is 7.11 Å². The van der Waals surface area contributed by atoms with Crippen LogP contribution >= 0.6 is 0 Å². The maximum absolute atomic E-state index is 5.20. The molecular formula is C19H25NO. The summed E-state index contributed by atoms with van der Waals surface area (Å²) in [6.45, 7) is 0.814. The first kappa shape index (κ1) is 15.7. The van der Waals surface area contributed by atoms with Gasteiger partial charge < -0.3 is 10.1 Å². The lowest BCUT2D eigenvalue weighted by atomic mass is 9.83. The van der Waals surface area contributed by atoms with Crippen LogP contribution in [0.15, 0.2) is 60.7 Å². The van der Waals surface area contributed by atoms with Crippen molar-refractivity contribution in [1.29, 1.82) is 0 Å². The molecule has 0 radical (unpaired) electrons. The van der Waals surface area contributed by atoms with Gasteiger partial charge in [-0.25, -0.2) is 0 Å². The van der Waals surface area contributed by atoms with Gasteiger partial charge in [0.05, 0.1) is 0 Å². The van der Waals surface area contributed by atoms with Crippen LogP contribution in [0.3, 0.4) is 0 Å². The molecule has 0 aliphatic heterocycles. The Balaban J connectivity index is 2.27. The summed E-state index contributed by atoms with van der Waals surface area (Å²) in [5.41, 5.74) is 2.72. The highest BCUT2D eigenvalue weighted by molar-refractivity contribution is 5.34. The molecule has 2 heteroatoms. The van der Waals surface area contributed by atoms with Gasteiger partial charge in [-0.05, 0) is 31.0 Å². The largest absolute Gasteiger partial charge is 0.385 e. The molecule has 0 aliphatic rings. The topological polar surface area (TPSA) is 21.3 Å². The van der Waals surface area contributed by atoms with Crippen LogP contribution in [0.25, 0.3) is 0 Å². The molecule has 2 aromatic carbocycles. The fourth-order valence-corrected chi connectivity index (χ4v) is 2.90. The Labute approximate surface area is 128 Å². The van der Waals surface area contributed by atoms with Gasteiger partial charge in [0.15, 0.2) is 0 Å². The smallest absolute Gasteiger partial charge is 0.0462 e. The van der Waals surface area contributed by atoms with Gasteiger partial charge in [0.25, 0.3) is 0 Å². The molecule has 1 unspecified atom stereocenters. The number of hydrogen-bond donors (Lipinski definition) is 1. The Bertz CT molecular complexity index is 458. The highest BCUT2D eigenvalue weighted by atomic mass is 16.5. The summed E-state index contributed by atoms with van der Waals surface area (Å²) in [7, 11) is 3.82. The first-order valence-corrected chi connectivity index (χ1v) is 7.63. The van der Waals surface area contributed by atoms with Crippen molar-refractivity contribution in [2.24, 2.45) is 0 Å².